The molecular weight excluding hydrogens is 214 g/mol. The van der Waals surface area contributed by atoms with Gasteiger partial charge in [-0.25, -0.2) is 9.98 Å². The van der Waals surface area contributed by atoms with Gasteiger partial charge in [0.1, 0.15) is 6.34 Å². The summed E-state index contributed by atoms with van der Waals surface area (Å²) >= 11 is 0. The zero-order valence-electron chi connectivity index (χ0n) is 9.69. The van der Waals surface area contributed by atoms with Crippen LogP contribution in [0.4, 0.5) is 0 Å². The van der Waals surface area contributed by atoms with Gasteiger partial charge in [0.15, 0.2) is 5.82 Å². The molecule has 0 radical (unpaired) electrons. The Balaban J connectivity index is 2.17. The second-order valence-electron chi connectivity index (χ2n) is 3.89. The summed E-state index contributed by atoms with van der Waals surface area (Å²) < 4.78 is 0. The number of aliphatic imine (C=N–C) groups is 2. The SMILES string of the molecule is N#CCCC1=C=C(N2CCNCC2)N=CN=C1. The molecule has 88 valence electrons. The highest BCUT2D eigenvalue weighted by atomic mass is 15.3. The van der Waals surface area contributed by atoms with Crippen LogP contribution in [0.1, 0.15) is 12.8 Å². The van der Waals surface area contributed by atoms with E-state index in [0.29, 0.717) is 12.8 Å². The molecule has 0 spiro atoms. The molecule has 2 heterocycles. The molecule has 5 nitrogen and oxygen atoms in total. The molecule has 2 rings (SSSR count). The summed E-state index contributed by atoms with van der Waals surface area (Å²) in [6.07, 6.45) is 4.45. The third-order valence-corrected chi connectivity index (χ3v) is 2.67. The largest absolute Gasteiger partial charge is 0.347 e. The average molecular weight is 229 g/mol. The minimum Gasteiger partial charge on any atom is -0.347 e. The van der Waals surface area contributed by atoms with Gasteiger partial charge in [0, 0.05) is 44.4 Å². The van der Waals surface area contributed by atoms with Crippen molar-refractivity contribution in [2.75, 3.05) is 26.2 Å². The number of nitrogens with zero attached hydrogens (tertiary/aromatic N) is 4. The fourth-order valence-electron chi connectivity index (χ4n) is 1.77. The van der Waals surface area contributed by atoms with Gasteiger partial charge in [-0.1, -0.05) is 5.73 Å². The monoisotopic (exact) mass is 229 g/mol. The van der Waals surface area contributed by atoms with E-state index in [2.05, 4.69) is 32.0 Å². The van der Waals surface area contributed by atoms with E-state index in [-0.39, 0.29) is 0 Å². The fraction of sp³-hybridized carbons (Fsp3) is 0.500. The molecule has 2 aliphatic heterocycles. The fourth-order valence-corrected chi connectivity index (χ4v) is 1.77. The van der Waals surface area contributed by atoms with Gasteiger partial charge in [0.2, 0.25) is 0 Å². The van der Waals surface area contributed by atoms with Crippen molar-refractivity contribution in [1.82, 2.24) is 10.2 Å². The quantitative estimate of drug-likeness (QED) is 0.724. The Kier molecular flexibility index (Phi) is 4.09. The van der Waals surface area contributed by atoms with Crippen molar-refractivity contribution in [3.63, 3.8) is 0 Å². The molecule has 0 amide bonds. The van der Waals surface area contributed by atoms with Crippen molar-refractivity contribution in [1.29, 1.82) is 5.26 Å². The van der Waals surface area contributed by atoms with Crippen molar-refractivity contribution >= 4 is 12.6 Å². The zero-order valence-corrected chi connectivity index (χ0v) is 9.69. The lowest BCUT2D eigenvalue weighted by molar-refractivity contribution is 0.298. The van der Waals surface area contributed by atoms with Crippen LogP contribution in [0.2, 0.25) is 0 Å². The van der Waals surface area contributed by atoms with E-state index in [9.17, 15) is 0 Å². The van der Waals surface area contributed by atoms with Crippen LogP contribution in [0, 0.1) is 11.3 Å². The van der Waals surface area contributed by atoms with Gasteiger partial charge in [-0.2, -0.15) is 5.26 Å². The highest BCUT2D eigenvalue weighted by molar-refractivity contribution is 5.86. The maximum Gasteiger partial charge on any atom is 0.175 e. The summed E-state index contributed by atoms with van der Waals surface area (Å²) in [6, 6.07) is 2.13. The van der Waals surface area contributed by atoms with Crippen molar-refractivity contribution in [2.24, 2.45) is 9.98 Å². The molecule has 2 aliphatic rings. The Hall–Kier alpha value is -1.89. The average Bonchev–Trinajstić information content (AvgIpc) is 2.63. The van der Waals surface area contributed by atoms with E-state index >= 15 is 0 Å². The van der Waals surface area contributed by atoms with Crippen LogP contribution in [0.3, 0.4) is 0 Å². The molecular formula is C12H15N5. The molecule has 0 aromatic carbocycles. The van der Waals surface area contributed by atoms with Crippen LogP contribution < -0.4 is 5.32 Å². The summed E-state index contributed by atoms with van der Waals surface area (Å²) in [4.78, 5) is 10.5. The highest BCUT2D eigenvalue weighted by Gasteiger charge is 2.12. The maximum absolute atomic E-state index is 8.59. The number of allylic oxidation sites excluding steroid dienone is 1. The predicted molar refractivity (Wildman–Crippen MR) is 66.8 cm³/mol. The Bertz CT molecular complexity index is 428. The molecule has 1 N–H and O–H groups in total. The van der Waals surface area contributed by atoms with Gasteiger partial charge < -0.3 is 10.2 Å². The van der Waals surface area contributed by atoms with Crippen LogP contribution in [-0.2, 0) is 0 Å². The molecule has 1 saturated heterocycles. The minimum absolute atomic E-state index is 0.489. The highest BCUT2D eigenvalue weighted by Crippen LogP contribution is 2.10. The molecule has 5 heteroatoms. The summed E-state index contributed by atoms with van der Waals surface area (Å²) in [5.74, 6) is 0.830. The zero-order chi connectivity index (χ0) is 11.9. The number of hydrogen-bond donors (Lipinski definition) is 1. The first kappa shape index (κ1) is 11.6. The first-order valence-corrected chi connectivity index (χ1v) is 5.78. The van der Waals surface area contributed by atoms with Gasteiger partial charge in [0.25, 0.3) is 0 Å². The number of nitriles is 1. The third kappa shape index (κ3) is 3.28. The van der Waals surface area contributed by atoms with E-state index in [1.165, 1.54) is 0 Å². The van der Waals surface area contributed by atoms with Crippen molar-refractivity contribution in [3.8, 4) is 6.07 Å². The van der Waals surface area contributed by atoms with E-state index in [4.69, 9.17) is 5.26 Å². The molecule has 0 aromatic heterocycles. The van der Waals surface area contributed by atoms with Gasteiger partial charge in [-0.15, -0.1) is 0 Å². The second kappa shape index (κ2) is 6.00. The predicted octanol–water partition coefficient (Wildman–Crippen LogP) is 0.675. The molecule has 1 fully saturated rings. The Morgan fingerprint density at radius 3 is 3.06 bits per heavy atom. The summed E-state index contributed by atoms with van der Waals surface area (Å²) in [5.41, 5.74) is 4.20. The van der Waals surface area contributed by atoms with Crippen LogP contribution in [0.5, 0.6) is 0 Å². The van der Waals surface area contributed by atoms with Gasteiger partial charge in [-0.3, -0.25) is 0 Å². The standard InChI is InChI=1S/C12H15N5/c13-3-1-2-11-8-12(16-10-15-9-11)17-6-4-14-5-7-17/h9-10,14H,1-2,4-7H2. The Morgan fingerprint density at radius 1 is 1.47 bits per heavy atom. The first-order chi connectivity index (χ1) is 8.40. The molecule has 0 bridgehead atoms. The topological polar surface area (TPSA) is 63.8 Å². The third-order valence-electron chi connectivity index (χ3n) is 2.67. The Morgan fingerprint density at radius 2 is 2.29 bits per heavy atom. The van der Waals surface area contributed by atoms with E-state index in [1.54, 1.807) is 12.6 Å². The smallest absolute Gasteiger partial charge is 0.175 e. The number of rotatable bonds is 3. The summed E-state index contributed by atoms with van der Waals surface area (Å²) in [5, 5.41) is 11.9. The van der Waals surface area contributed by atoms with Gasteiger partial charge >= 0.3 is 0 Å². The van der Waals surface area contributed by atoms with Crippen molar-refractivity contribution in [2.45, 2.75) is 12.8 Å². The Labute approximate surface area is 101 Å². The molecule has 17 heavy (non-hydrogen) atoms. The number of piperazine rings is 1. The molecule has 0 aromatic rings. The lowest BCUT2D eigenvalue weighted by Crippen LogP contribution is -2.42. The lowest BCUT2D eigenvalue weighted by Gasteiger charge is -2.27. The van der Waals surface area contributed by atoms with E-state index in [0.717, 1.165) is 37.6 Å². The van der Waals surface area contributed by atoms with Crippen LogP contribution >= 0.6 is 0 Å². The maximum atomic E-state index is 8.59. The number of hydrogen-bond acceptors (Lipinski definition) is 5. The summed E-state index contributed by atoms with van der Waals surface area (Å²) in [7, 11) is 0. The lowest BCUT2D eigenvalue weighted by atomic mass is 10.2. The summed E-state index contributed by atoms with van der Waals surface area (Å²) in [6.45, 7) is 3.81. The van der Waals surface area contributed by atoms with Gasteiger partial charge in [-0.05, 0) is 6.42 Å². The van der Waals surface area contributed by atoms with Crippen LogP contribution in [-0.4, -0.2) is 43.6 Å². The van der Waals surface area contributed by atoms with E-state index < -0.39 is 0 Å². The molecule has 0 atom stereocenters. The van der Waals surface area contributed by atoms with Crippen LogP contribution in [0.25, 0.3) is 0 Å². The molecule has 0 unspecified atom stereocenters. The molecule has 0 saturated carbocycles. The first-order valence-electron chi connectivity index (χ1n) is 5.78. The molecule has 0 aliphatic carbocycles. The normalized spacial score (nSPS) is 19.4. The second-order valence-corrected chi connectivity index (χ2v) is 3.89. The van der Waals surface area contributed by atoms with Crippen LogP contribution in [0.15, 0.2) is 27.1 Å². The van der Waals surface area contributed by atoms with Crippen molar-refractivity contribution < 1.29 is 0 Å². The van der Waals surface area contributed by atoms with E-state index in [1.807, 2.05) is 0 Å². The number of nitrogens with one attached hydrogen (secondary N) is 1. The van der Waals surface area contributed by atoms with Crippen molar-refractivity contribution in [3.05, 3.63) is 17.1 Å². The van der Waals surface area contributed by atoms with Gasteiger partial charge in [0.05, 0.1) is 6.07 Å². The minimum atomic E-state index is 0.489.